The zero-order valence-electron chi connectivity index (χ0n) is 16.4. The summed E-state index contributed by atoms with van der Waals surface area (Å²) in [6.07, 6.45) is 4.40. The predicted molar refractivity (Wildman–Crippen MR) is 113 cm³/mol. The number of carbonyl (C=O) groups excluding carboxylic acids is 1. The number of halogens is 2. The van der Waals surface area contributed by atoms with Gasteiger partial charge in [-0.25, -0.2) is 14.4 Å². The van der Waals surface area contributed by atoms with Crippen LogP contribution in [0.4, 0.5) is 15.9 Å². The molecule has 3 rings (SSSR count). The molecule has 0 bridgehead atoms. The third-order valence-electron chi connectivity index (χ3n) is 4.12. The number of likely N-dealkylation sites (N-methyl/N-ethyl adjacent to an activating group) is 1. The van der Waals surface area contributed by atoms with E-state index in [9.17, 15) is 9.18 Å². The molecule has 0 radical (unpaired) electrons. The lowest BCUT2D eigenvalue weighted by Crippen LogP contribution is -2.30. The van der Waals surface area contributed by atoms with Crippen LogP contribution in [0, 0.1) is 5.82 Å². The van der Waals surface area contributed by atoms with Gasteiger partial charge in [-0.1, -0.05) is 11.6 Å². The summed E-state index contributed by atoms with van der Waals surface area (Å²) in [5, 5.41) is 9.17. The predicted octanol–water partition coefficient (Wildman–Crippen LogP) is 3.03. The highest BCUT2D eigenvalue weighted by atomic mass is 35.5. The molecule has 1 aromatic carbocycles. The van der Waals surface area contributed by atoms with Crippen molar-refractivity contribution in [3.05, 3.63) is 59.3 Å². The van der Waals surface area contributed by atoms with E-state index in [2.05, 4.69) is 30.9 Å². The third-order valence-corrected chi connectivity index (χ3v) is 4.36. The topological polar surface area (TPSA) is 101 Å². The van der Waals surface area contributed by atoms with Crippen LogP contribution in [0.1, 0.15) is 10.4 Å². The number of methoxy groups -OCH3 is 1. The summed E-state index contributed by atoms with van der Waals surface area (Å²) in [6.45, 7) is 1.09. The number of amides is 1. The van der Waals surface area contributed by atoms with Crippen molar-refractivity contribution >= 4 is 29.0 Å². The fourth-order valence-corrected chi connectivity index (χ4v) is 2.79. The first kappa shape index (κ1) is 21.4. The normalized spacial score (nSPS) is 10.5. The molecule has 2 heterocycles. The lowest BCUT2D eigenvalue weighted by atomic mass is 10.2. The second-order valence-corrected chi connectivity index (χ2v) is 6.58. The van der Waals surface area contributed by atoms with Crippen LogP contribution in [0.5, 0.6) is 5.75 Å². The minimum absolute atomic E-state index is 0.118. The number of pyridine rings is 1. The molecule has 10 heteroatoms. The van der Waals surface area contributed by atoms with Crippen molar-refractivity contribution in [3.8, 4) is 17.1 Å². The van der Waals surface area contributed by atoms with E-state index in [1.807, 2.05) is 0 Å². The van der Waals surface area contributed by atoms with Crippen LogP contribution in [0.3, 0.4) is 0 Å². The van der Waals surface area contributed by atoms with Crippen LogP contribution in [0.25, 0.3) is 11.4 Å². The lowest BCUT2D eigenvalue weighted by Gasteiger charge is -2.14. The van der Waals surface area contributed by atoms with Gasteiger partial charge in [0.2, 0.25) is 0 Å². The zero-order valence-corrected chi connectivity index (χ0v) is 17.1. The van der Waals surface area contributed by atoms with Gasteiger partial charge in [0.1, 0.15) is 5.82 Å². The van der Waals surface area contributed by atoms with Crippen LogP contribution in [-0.4, -0.2) is 48.1 Å². The van der Waals surface area contributed by atoms with E-state index in [1.165, 1.54) is 43.9 Å². The Morgan fingerprint density at radius 3 is 2.83 bits per heavy atom. The van der Waals surface area contributed by atoms with E-state index >= 15 is 0 Å². The fourth-order valence-electron chi connectivity index (χ4n) is 2.62. The molecule has 156 valence electrons. The SMILES string of the molecule is CNCCNC(=O)c1cnccc1Nc1nc(-c2cc(Cl)ccc2F)ncc1OC. The minimum Gasteiger partial charge on any atom is -0.491 e. The number of benzene rings is 1. The first-order valence-electron chi connectivity index (χ1n) is 9.03. The molecule has 30 heavy (non-hydrogen) atoms. The smallest absolute Gasteiger partial charge is 0.255 e. The summed E-state index contributed by atoms with van der Waals surface area (Å²) < 4.78 is 19.6. The average molecular weight is 431 g/mol. The Labute approximate surface area is 177 Å². The molecule has 1 amide bonds. The molecule has 2 aromatic heterocycles. The third kappa shape index (κ3) is 5.00. The number of hydrogen-bond acceptors (Lipinski definition) is 7. The maximum absolute atomic E-state index is 14.3. The van der Waals surface area contributed by atoms with Crippen LogP contribution in [-0.2, 0) is 0 Å². The number of ether oxygens (including phenoxy) is 1. The molecule has 0 aliphatic heterocycles. The summed E-state index contributed by atoms with van der Waals surface area (Å²) >= 11 is 5.98. The van der Waals surface area contributed by atoms with Gasteiger partial charge >= 0.3 is 0 Å². The van der Waals surface area contributed by atoms with E-state index in [0.717, 1.165) is 0 Å². The van der Waals surface area contributed by atoms with E-state index in [0.29, 0.717) is 35.1 Å². The van der Waals surface area contributed by atoms with E-state index in [-0.39, 0.29) is 23.1 Å². The summed E-state index contributed by atoms with van der Waals surface area (Å²) in [5.74, 6) is -0.108. The Kier molecular flexibility index (Phi) is 7.10. The second-order valence-electron chi connectivity index (χ2n) is 6.14. The van der Waals surface area contributed by atoms with Gasteiger partial charge in [-0.05, 0) is 31.3 Å². The minimum atomic E-state index is -0.510. The number of nitrogens with one attached hydrogen (secondary N) is 3. The highest BCUT2D eigenvalue weighted by molar-refractivity contribution is 6.30. The molecule has 0 saturated carbocycles. The quantitative estimate of drug-likeness (QED) is 0.472. The molecule has 0 aliphatic carbocycles. The van der Waals surface area contributed by atoms with E-state index in [4.69, 9.17) is 16.3 Å². The first-order chi connectivity index (χ1) is 14.5. The molecule has 0 spiro atoms. The Balaban J connectivity index is 1.95. The molecule has 3 N–H and O–H groups in total. The van der Waals surface area contributed by atoms with Gasteiger partial charge in [0.15, 0.2) is 17.4 Å². The summed E-state index contributed by atoms with van der Waals surface area (Å²) in [6, 6.07) is 5.76. The van der Waals surface area contributed by atoms with Gasteiger partial charge in [0, 0.05) is 30.5 Å². The van der Waals surface area contributed by atoms with Gasteiger partial charge < -0.3 is 20.7 Å². The van der Waals surface area contributed by atoms with E-state index in [1.54, 1.807) is 13.1 Å². The molecule has 0 fully saturated rings. The molecule has 0 saturated heterocycles. The Morgan fingerprint density at radius 2 is 2.07 bits per heavy atom. The summed E-state index contributed by atoms with van der Waals surface area (Å²) in [7, 11) is 3.26. The standard InChI is InChI=1S/C20H20ClFN6O2/c1-23-7-8-25-20(29)14-10-24-6-5-16(14)27-19-17(30-2)11-26-18(28-19)13-9-12(21)3-4-15(13)22/h3-6,9-11,23H,7-8H2,1-2H3,(H,25,29)(H,24,26,27,28). The number of hydrogen-bond donors (Lipinski definition) is 3. The average Bonchev–Trinajstić information content (AvgIpc) is 2.76. The van der Waals surface area contributed by atoms with Crippen molar-refractivity contribution in [2.24, 2.45) is 0 Å². The first-order valence-corrected chi connectivity index (χ1v) is 9.41. The maximum Gasteiger partial charge on any atom is 0.255 e. The number of nitrogens with zero attached hydrogens (tertiary/aromatic N) is 3. The van der Waals surface area contributed by atoms with Crippen molar-refractivity contribution in [2.45, 2.75) is 0 Å². The Hall–Kier alpha value is -3.30. The van der Waals surface area contributed by atoms with Crippen LogP contribution in [0.2, 0.25) is 5.02 Å². The maximum atomic E-state index is 14.3. The van der Waals surface area contributed by atoms with Crippen molar-refractivity contribution in [1.29, 1.82) is 0 Å². The molecular weight excluding hydrogens is 411 g/mol. The molecule has 0 atom stereocenters. The second kappa shape index (κ2) is 9.95. The highest BCUT2D eigenvalue weighted by Gasteiger charge is 2.16. The van der Waals surface area contributed by atoms with Crippen molar-refractivity contribution in [1.82, 2.24) is 25.6 Å². The summed E-state index contributed by atoms with van der Waals surface area (Å²) in [4.78, 5) is 25.1. The summed E-state index contributed by atoms with van der Waals surface area (Å²) in [5.41, 5.74) is 0.930. The van der Waals surface area contributed by atoms with Gasteiger partial charge in [0.05, 0.1) is 30.1 Å². The van der Waals surface area contributed by atoms with Crippen molar-refractivity contribution in [2.75, 3.05) is 32.6 Å². The van der Waals surface area contributed by atoms with E-state index < -0.39 is 5.82 Å². The molecule has 0 unspecified atom stereocenters. The molecule has 3 aromatic rings. The monoisotopic (exact) mass is 430 g/mol. The fraction of sp³-hybridized carbons (Fsp3) is 0.200. The number of aromatic nitrogens is 3. The van der Waals surface area contributed by atoms with Crippen molar-refractivity contribution in [3.63, 3.8) is 0 Å². The Morgan fingerprint density at radius 1 is 1.23 bits per heavy atom. The molecular formula is C20H20ClFN6O2. The van der Waals surface area contributed by atoms with Gasteiger partial charge in [-0.3, -0.25) is 9.78 Å². The molecule has 0 aliphatic rings. The van der Waals surface area contributed by atoms with Gasteiger partial charge in [0.25, 0.3) is 5.91 Å². The molecule has 8 nitrogen and oxygen atoms in total. The largest absolute Gasteiger partial charge is 0.491 e. The van der Waals surface area contributed by atoms with Gasteiger partial charge in [-0.15, -0.1) is 0 Å². The lowest BCUT2D eigenvalue weighted by molar-refractivity contribution is 0.0954. The van der Waals surface area contributed by atoms with Crippen LogP contribution >= 0.6 is 11.6 Å². The number of rotatable bonds is 8. The Bertz CT molecular complexity index is 1050. The van der Waals surface area contributed by atoms with Crippen molar-refractivity contribution < 1.29 is 13.9 Å². The number of carbonyl (C=O) groups is 1. The van der Waals surface area contributed by atoms with Crippen LogP contribution in [0.15, 0.2) is 42.9 Å². The van der Waals surface area contributed by atoms with Gasteiger partial charge in [-0.2, -0.15) is 0 Å². The van der Waals surface area contributed by atoms with Crippen LogP contribution < -0.4 is 20.7 Å². The highest BCUT2D eigenvalue weighted by Crippen LogP contribution is 2.30. The number of anilines is 2. The zero-order chi connectivity index (χ0) is 21.5.